The Kier molecular flexibility index (Phi) is 5.11. The van der Waals surface area contributed by atoms with E-state index in [4.69, 9.17) is 0 Å². The smallest absolute Gasteiger partial charge is 0.207 e. The summed E-state index contributed by atoms with van der Waals surface area (Å²) in [5.41, 5.74) is 1.05. The zero-order valence-electron chi connectivity index (χ0n) is 11.3. The SMILES string of the molecule is CCCN(CCC)S(=O)(=O)c1ccc(Br)c2nsnc12. The van der Waals surface area contributed by atoms with Crippen molar-refractivity contribution in [1.82, 2.24) is 13.1 Å². The van der Waals surface area contributed by atoms with E-state index in [-0.39, 0.29) is 4.90 Å². The highest BCUT2D eigenvalue weighted by Gasteiger charge is 2.27. The van der Waals surface area contributed by atoms with Crippen LogP contribution in [0.3, 0.4) is 0 Å². The first-order valence-electron chi connectivity index (χ1n) is 6.43. The standard InChI is InChI=1S/C12H16BrN3O2S2/c1-3-7-16(8-4-2)20(17,18)10-6-5-9(13)11-12(10)15-19-14-11/h5-6H,3-4,7-8H2,1-2H3. The Morgan fingerprint density at radius 3 is 2.35 bits per heavy atom. The van der Waals surface area contributed by atoms with Gasteiger partial charge in [-0.05, 0) is 40.9 Å². The van der Waals surface area contributed by atoms with Crippen LogP contribution in [0.2, 0.25) is 0 Å². The van der Waals surface area contributed by atoms with E-state index >= 15 is 0 Å². The summed E-state index contributed by atoms with van der Waals surface area (Å²) in [5.74, 6) is 0. The van der Waals surface area contributed by atoms with E-state index in [0.29, 0.717) is 24.1 Å². The maximum Gasteiger partial charge on any atom is 0.245 e. The lowest BCUT2D eigenvalue weighted by Gasteiger charge is -2.21. The number of benzene rings is 1. The highest BCUT2D eigenvalue weighted by molar-refractivity contribution is 9.10. The molecule has 0 aliphatic carbocycles. The fraction of sp³-hybridized carbons (Fsp3) is 0.500. The predicted octanol–water partition coefficient (Wildman–Crippen LogP) is 3.26. The molecular weight excluding hydrogens is 362 g/mol. The Labute approximate surface area is 131 Å². The van der Waals surface area contributed by atoms with Crippen LogP contribution in [0.1, 0.15) is 26.7 Å². The summed E-state index contributed by atoms with van der Waals surface area (Å²) in [5, 5.41) is 0. The molecule has 0 saturated carbocycles. The van der Waals surface area contributed by atoms with Gasteiger partial charge < -0.3 is 0 Å². The van der Waals surface area contributed by atoms with Crippen LogP contribution in [0.4, 0.5) is 0 Å². The van der Waals surface area contributed by atoms with Crippen molar-refractivity contribution < 1.29 is 8.42 Å². The fourth-order valence-electron chi connectivity index (χ4n) is 2.01. The zero-order chi connectivity index (χ0) is 14.8. The third kappa shape index (κ3) is 2.88. The second-order valence-corrected chi connectivity index (χ2v) is 7.70. The number of aromatic nitrogens is 2. The number of hydrogen-bond donors (Lipinski definition) is 0. The van der Waals surface area contributed by atoms with Crippen LogP contribution in [0, 0.1) is 0 Å². The molecule has 0 atom stereocenters. The van der Waals surface area contributed by atoms with Crippen molar-refractivity contribution in [2.45, 2.75) is 31.6 Å². The van der Waals surface area contributed by atoms with E-state index < -0.39 is 10.0 Å². The molecule has 1 aromatic heterocycles. The van der Waals surface area contributed by atoms with Crippen molar-refractivity contribution in [3.63, 3.8) is 0 Å². The van der Waals surface area contributed by atoms with Gasteiger partial charge in [0.05, 0.1) is 11.7 Å². The third-order valence-corrected chi connectivity index (χ3v) is 5.99. The number of nitrogens with zero attached hydrogens (tertiary/aromatic N) is 3. The molecule has 0 spiro atoms. The molecule has 0 aliphatic heterocycles. The van der Waals surface area contributed by atoms with E-state index in [1.54, 1.807) is 12.1 Å². The van der Waals surface area contributed by atoms with Crippen molar-refractivity contribution in [3.8, 4) is 0 Å². The summed E-state index contributed by atoms with van der Waals surface area (Å²) in [7, 11) is -3.52. The van der Waals surface area contributed by atoms with Crippen molar-refractivity contribution in [3.05, 3.63) is 16.6 Å². The molecule has 0 bridgehead atoms. The van der Waals surface area contributed by atoms with Crippen LogP contribution in [-0.2, 0) is 10.0 Å². The number of halogens is 1. The lowest BCUT2D eigenvalue weighted by molar-refractivity contribution is 0.410. The zero-order valence-corrected chi connectivity index (χ0v) is 14.6. The molecular formula is C12H16BrN3O2S2. The van der Waals surface area contributed by atoms with Gasteiger partial charge in [-0.3, -0.25) is 0 Å². The van der Waals surface area contributed by atoms with Gasteiger partial charge in [-0.15, -0.1) is 0 Å². The third-order valence-electron chi connectivity index (χ3n) is 2.89. The first-order chi connectivity index (χ1) is 9.52. The molecule has 2 rings (SSSR count). The average molecular weight is 378 g/mol. The van der Waals surface area contributed by atoms with E-state index in [2.05, 4.69) is 24.7 Å². The molecule has 1 heterocycles. The Balaban J connectivity index is 2.56. The first kappa shape index (κ1) is 15.8. The van der Waals surface area contributed by atoms with E-state index in [0.717, 1.165) is 29.0 Å². The molecule has 0 unspecified atom stereocenters. The Hall–Kier alpha value is -0.570. The molecule has 1 aromatic carbocycles. The highest BCUT2D eigenvalue weighted by Crippen LogP contribution is 2.29. The van der Waals surface area contributed by atoms with Gasteiger partial charge in [0.15, 0.2) is 0 Å². The van der Waals surface area contributed by atoms with Gasteiger partial charge in [0.1, 0.15) is 15.9 Å². The molecule has 5 nitrogen and oxygen atoms in total. The summed E-state index contributed by atoms with van der Waals surface area (Å²) in [6.45, 7) is 4.98. The molecule has 2 aromatic rings. The lowest BCUT2D eigenvalue weighted by Crippen LogP contribution is -2.32. The quantitative estimate of drug-likeness (QED) is 0.774. The Morgan fingerprint density at radius 1 is 1.15 bits per heavy atom. The fourth-order valence-corrected chi connectivity index (χ4v) is 4.92. The van der Waals surface area contributed by atoms with Crippen molar-refractivity contribution in [2.75, 3.05) is 13.1 Å². The lowest BCUT2D eigenvalue weighted by atomic mass is 10.3. The van der Waals surface area contributed by atoms with Crippen LogP contribution in [0.15, 0.2) is 21.5 Å². The van der Waals surface area contributed by atoms with E-state index in [1.807, 2.05) is 13.8 Å². The predicted molar refractivity (Wildman–Crippen MR) is 84.5 cm³/mol. The molecule has 20 heavy (non-hydrogen) atoms. The van der Waals surface area contributed by atoms with Gasteiger partial charge in [0.2, 0.25) is 10.0 Å². The largest absolute Gasteiger partial charge is 0.245 e. The van der Waals surface area contributed by atoms with Crippen molar-refractivity contribution >= 4 is 48.7 Å². The minimum absolute atomic E-state index is 0.242. The Bertz CT molecular complexity index is 694. The minimum atomic E-state index is -3.52. The van der Waals surface area contributed by atoms with Gasteiger partial charge in [-0.2, -0.15) is 13.1 Å². The minimum Gasteiger partial charge on any atom is -0.207 e. The molecule has 8 heteroatoms. The van der Waals surface area contributed by atoms with Gasteiger partial charge >= 0.3 is 0 Å². The topological polar surface area (TPSA) is 63.2 Å². The van der Waals surface area contributed by atoms with Gasteiger partial charge in [0.25, 0.3) is 0 Å². The van der Waals surface area contributed by atoms with Crippen molar-refractivity contribution in [2.24, 2.45) is 0 Å². The second-order valence-electron chi connectivity index (χ2n) is 4.41. The maximum atomic E-state index is 12.8. The van der Waals surface area contributed by atoms with E-state index in [1.165, 1.54) is 4.31 Å². The first-order valence-corrected chi connectivity index (χ1v) is 9.39. The van der Waals surface area contributed by atoms with Crippen LogP contribution >= 0.6 is 27.7 Å². The monoisotopic (exact) mass is 377 g/mol. The second kappa shape index (κ2) is 6.46. The van der Waals surface area contributed by atoms with Crippen LogP contribution in [0.5, 0.6) is 0 Å². The normalized spacial score (nSPS) is 12.4. The van der Waals surface area contributed by atoms with E-state index in [9.17, 15) is 8.42 Å². The summed E-state index contributed by atoms with van der Waals surface area (Å²) in [6, 6.07) is 3.31. The molecule has 110 valence electrons. The number of fused-ring (bicyclic) bond motifs is 1. The van der Waals surface area contributed by atoms with Crippen molar-refractivity contribution in [1.29, 1.82) is 0 Å². The summed E-state index contributed by atoms with van der Waals surface area (Å²) < 4.78 is 36.1. The molecule has 0 aliphatic rings. The van der Waals surface area contributed by atoms with Crippen LogP contribution < -0.4 is 0 Å². The van der Waals surface area contributed by atoms with Gasteiger partial charge in [0, 0.05) is 17.6 Å². The molecule has 0 radical (unpaired) electrons. The Morgan fingerprint density at radius 2 is 1.75 bits per heavy atom. The molecule has 0 fully saturated rings. The number of hydrogen-bond acceptors (Lipinski definition) is 5. The van der Waals surface area contributed by atoms with Gasteiger partial charge in [-0.25, -0.2) is 8.42 Å². The molecule has 0 saturated heterocycles. The molecule has 0 amide bonds. The number of sulfonamides is 1. The summed E-state index contributed by atoms with van der Waals surface area (Å²) >= 11 is 4.39. The molecule has 0 N–H and O–H groups in total. The summed E-state index contributed by atoms with van der Waals surface area (Å²) in [6.07, 6.45) is 1.57. The van der Waals surface area contributed by atoms with Crippen LogP contribution in [0.25, 0.3) is 11.0 Å². The highest BCUT2D eigenvalue weighted by atomic mass is 79.9. The average Bonchev–Trinajstić information content (AvgIpc) is 2.88. The summed E-state index contributed by atoms with van der Waals surface area (Å²) in [4.78, 5) is 0.242. The maximum absolute atomic E-state index is 12.8. The number of rotatable bonds is 6. The van der Waals surface area contributed by atoms with Crippen LogP contribution in [-0.4, -0.2) is 34.6 Å². The van der Waals surface area contributed by atoms with Gasteiger partial charge in [-0.1, -0.05) is 13.8 Å².